The lowest BCUT2D eigenvalue weighted by Crippen LogP contribution is -2.49. The van der Waals surface area contributed by atoms with Gasteiger partial charge in [-0.25, -0.2) is 4.98 Å². The molecule has 1 aromatic heterocycles. The van der Waals surface area contributed by atoms with Gasteiger partial charge in [-0.05, 0) is 67.2 Å². The maximum absolute atomic E-state index is 13.0. The molecule has 1 saturated heterocycles. The molecule has 2 aliphatic heterocycles. The van der Waals surface area contributed by atoms with E-state index in [0.29, 0.717) is 24.0 Å². The number of hydrogen-bond donors (Lipinski definition) is 1. The highest BCUT2D eigenvalue weighted by Crippen LogP contribution is 2.39. The van der Waals surface area contributed by atoms with Crippen molar-refractivity contribution in [1.29, 1.82) is 0 Å². The zero-order chi connectivity index (χ0) is 24.0. The van der Waals surface area contributed by atoms with Crippen molar-refractivity contribution in [3.63, 3.8) is 0 Å². The molecule has 4 rings (SSSR count). The number of ether oxygens (including phenoxy) is 1. The van der Waals surface area contributed by atoms with E-state index in [1.54, 1.807) is 18.2 Å². The quantitative estimate of drug-likeness (QED) is 0.716. The van der Waals surface area contributed by atoms with Gasteiger partial charge in [-0.15, -0.1) is 0 Å². The monoisotopic (exact) mass is 464 g/mol. The Morgan fingerprint density at radius 1 is 1.06 bits per heavy atom. The number of carbonyl (C=O) groups excluding carboxylic acids is 1. The number of anilines is 1. The fraction of sp³-hybridized carbons (Fsp3) is 0.571. The molecule has 2 N–H and O–H groups in total. The second kappa shape index (κ2) is 11.2. The lowest BCUT2D eigenvalue weighted by Gasteiger charge is -2.45. The molecule has 0 radical (unpaired) electrons. The van der Waals surface area contributed by atoms with E-state index in [9.17, 15) is 4.79 Å². The standard InChI is InChI=1S/C28H40N4O2/c1-22(2)20-31-18-19-34-25-11-4-3-8-23(25)9-5-6-13-28(21-31)14-16-32(17-15-28)27(33)24-10-7-12-26(29)30-24/h3-4,7-8,10-12,22H,5-6,9,13-21H2,1-2H3,(H2,29,30). The molecule has 6 heteroatoms. The molecule has 184 valence electrons. The van der Waals surface area contributed by atoms with E-state index in [0.717, 1.165) is 57.7 Å². The van der Waals surface area contributed by atoms with Gasteiger partial charge in [0.2, 0.25) is 0 Å². The van der Waals surface area contributed by atoms with Gasteiger partial charge in [0, 0.05) is 32.7 Å². The van der Waals surface area contributed by atoms with Crippen LogP contribution in [-0.2, 0) is 6.42 Å². The second-order valence-electron chi connectivity index (χ2n) is 10.5. The predicted molar refractivity (Wildman–Crippen MR) is 137 cm³/mol. The number of aryl methyl sites for hydroxylation is 1. The normalized spacial score (nSPS) is 19.7. The number of carbonyl (C=O) groups is 1. The van der Waals surface area contributed by atoms with Crippen molar-refractivity contribution in [2.24, 2.45) is 11.3 Å². The fourth-order valence-corrected chi connectivity index (χ4v) is 5.58. The van der Waals surface area contributed by atoms with Crippen LogP contribution in [0.5, 0.6) is 5.75 Å². The third kappa shape index (κ3) is 6.29. The average molecular weight is 465 g/mol. The SMILES string of the molecule is CC(C)CN1CCOc2ccccc2CCCCC2(CCN(C(=O)c3cccc(N)n3)CC2)C1. The Hall–Kier alpha value is -2.60. The molecule has 0 bridgehead atoms. The van der Waals surface area contributed by atoms with Crippen LogP contribution in [0.2, 0.25) is 0 Å². The van der Waals surface area contributed by atoms with Gasteiger partial charge < -0.3 is 15.4 Å². The van der Waals surface area contributed by atoms with Gasteiger partial charge in [-0.1, -0.05) is 44.5 Å². The Morgan fingerprint density at radius 3 is 2.62 bits per heavy atom. The molecule has 0 atom stereocenters. The van der Waals surface area contributed by atoms with Gasteiger partial charge in [0.1, 0.15) is 23.9 Å². The zero-order valence-corrected chi connectivity index (χ0v) is 20.8. The average Bonchev–Trinajstić information content (AvgIpc) is 2.81. The van der Waals surface area contributed by atoms with Gasteiger partial charge in [-0.2, -0.15) is 0 Å². The Kier molecular flexibility index (Phi) is 8.09. The Morgan fingerprint density at radius 2 is 1.85 bits per heavy atom. The number of amides is 1. The van der Waals surface area contributed by atoms with Crippen LogP contribution in [0.4, 0.5) is 5.82 Å². The van der Waals surface area contributed by atoms with Crippen LogP contribution in [0.15, 0.2) is 42.5 Å². The van der Waals surface area contributed by atoms with Crippen LogP contribution in [0.1, 0.15) is 62.0 Å². The molecule has 3 heterocycles. The minimum Gasteiger partial charge on any atom is -0.492 e. The summed E-state index contributed by atoms with van der Waals surface area (Å²) in [5.41, 5.74) is 7.82. The first-order valence-electron chi connectivity index (χ1n) is 12.9. The van der Waals surface area contributed by atoms with E-state index in [1.165, 1.54) is 24.8 Å². The lowest BCUT2D eigenvalue weighted by atomic mass is 9.73. The van der Waals surface area contributed by atoms with Crippen LogP contribution < -0.4 is 10.5 Å². The Balaban J connectivity index is 1.46. The topological polar surface area (TPSA) is 71.7 Å². The number of nitrogens with zero attached hydrogens (tertiary/aromatic N) is 3. The number of pyridine rings is 1. The first-order chi connectivity index (χ1) is 16.4. The highest BCUT2D eigenvalue weighted by molar-refractivity contribution is 5.92. The molecule has 1 fully saturated rings. The van der Waals surface area contributed by atoms with Crippen LogP contribution >= 0.6 is 0 Å². The molecule has 34 heavy (non-hydrogen) atoms. The van der Waals surface area contributed by atoms with Gasteiger partial charge in [0.05, 0.1) is 0 Å². The molecule has 0 aliphatic carbocycles. The van der Waals surface area contributed by atoms with Crippen molar-refractivity contribution in [1.82, 2.24) is 14.8 Å². The van der Waals surface area contributed by atoms with Crippen molar-refractivity contribution in [3.8, 4) is 5.75 Å². The molecule has 2 aromatic rings. The first kappa shape index (κ1) is 24.5. The summed E-state index contributed by atoms with van der Waals surface area (Å²) in [4.78, 5) is 21.9. The van der Waals surface area contributed by atoms with Crippen LogP contribution in [0.25, 0.3) is 0 Å². The fourth-order valence-electron chi connectivity index (χ4n) is 5.58. The predicted octanol–water partition coefficient (Wildman–Crippen LogP) is 4.65. The van der Waals surface area contributed by atoms with Gasteiger partial charge in [-0.3, -0.25) is 9.69 Å². The lowest BCUT2D eigenvalue weighted by molar-refractivity contribution is 0.0351. The number of hydrogen-bond acceptors (Lipinski definition) is 5. The molecule has 1 spiro atoms. The molecule has 6 nitrogen and oxygen atoms in total. The zero-order valence-electron chi connectivity index (χ0n) is 20.8. The van der Waals surface area contributed by atoms with E-state index < -0.39 is 0 Å². The molecule has 0 saturated carbocycles. The van der Waals surface area contributed by atoms with E-state index in [2.05, 4.69) is 48.0 Å². The summed E-state index contributed by atoms with van der Waals surface area (Å²) in [5, 5.41) is 0. The number of likely N-dealkylation sites (tertiary alicyclic amines) is 1. The van der Waals surface area contributed by atoms with Crippen molar-refractivity contribution >= 4 is 11.7 Å². The summed E-state index contributed by atoms with van der Waals surface area (Å²) >= 11 is 0. The Bertz CT molecular complexity index is 953. The third-order valence-electron chi connectivity index (χ3n) is 7.32. The highest BCUT2D eigenvalue weighted by atomic mass is 16.5. The van der Waals surface area contributed by atoms with E-state index in [1.807, 2.05) is 4.90 Å². The highest BCUT2D eigenvalue weighted by Gasteiger charge is 2.37. The van der Waals surface area contributed by atoms with Crippen LogP contribution in [0.3, 0.4) is 0 Å². The molecular formula is C28H40N4O2. The summed E-state index contributed by atoms with van der Waals surface area (Å²) in [6.45, 7) is 9.94. The third-order valence-corrected chi connectivity index (χ3v) is 7.32. The largest absolute Gasteiger partial charge is 0.492 e. The molecule has 1 aromatic carbocycles. The number of fused-ring (bicyclic) bond motifs is 1. The maximum atomic E-state index is 13.0. The molecule has 2 aliphatic rings. The maximum Gasteiger partial charge on any atom is 0.272 e. The minimum absolute atomic E-state index is 0.000604. The number of benzene rings is 1. The first-order valence-corrected chi connectivity index (χ1v) is 12.9. The van der Waals surface area contributed by atoms with Crippen molar-refractivity contribution in [3.05, 3.63) is 53.7 Å². The Labute approximate surface area is 204 Å². The van der Waals surface area contributed by atoms with E-state index in [-0.39, 0.29) is 11.3 Å². The smallest absolute Gasteiger partial charge is 0.272 e. The number of para-hydroxylation sites is 1. The summed E-state index contributed by atoms with van der Waals surface area (Å²) in [7, 11) is 0. The number of nitrogens with two attached hydrogens (primary N) is 1. The number of rotatable bonds is 3. The summed E-state index contributed by atoms with van der Waals surface area (Å²) in [5.74, 6) is 2.05. The van der Waals surface area contributed by atoms with E-state index in [4.69, 9.17) is 10.5 Å². The minimum atomic E-state index is -0.000604. The van der Waals surface area contributed by atoms with Gasteiger partial charge in [0.25, 0.3) is 5.91 Å². The second-order valence-corrected chi connectivity index (χ2v) is 10.5. The number of nitrogen functional groups attached to an aromatic ring is 1. The van der Waals surface area contributed by atoms with Gasteiger partial charge >= 0.3 is 0 Å². The van der Waals surface area contributed by atoms with Crippen molar-refractivity contribution < 1.29 is 9.53 Å². The summed E-state index contributed by atoms with van der Waals surface area (Å²) < 4.78 is 6.24. The van der Waals surface area contributed by atoms with Crippen molar-refractivity contribution in [2.45, 2.75) is 52.4 Å². The molecular weight excluding hydrogens is 424 g/mol. The number of piperidine rings is 1. The van der Waals surface area contributed by atoms with Gasteiger partial charge in [0.15, 0.2) is 0 Å². The number of aromatic nitrogens is 1. The van der Waals surface area contributed by atoms with Crippen LogP contribution in [-0.4, -0.2) is 60.0 Å². The van der Waals surface area contributed by atoms with Crippen molar-refractivity contribution in [2.75, 3.05) is 45.1 Å². The summed E-state index contributed by atoms with van der Waals surface area (Å²) in [6.07, 6.45) is 6.72. The van der Waals surface area contributed by atoms with E-state index >= 15 is 0 Å². The molecule has 0 unspecified atom stereocenters. The van der Waals surface area contributed by atoms with Crippen LogP contribution in [0, 0.1) is 11.3 Å². The summed E-state index contributed by atoms with van der Waals surface area (Å²) in [6, 6.07) is 13.8. The molecule has 1 amide bonds.